The number of anilines is 2. The Morgan fingerprint density at radius 3 is 2.65 bits per heavy atom. The summed E-state index contributed by atoms with van der Waals surface area (Å²) in [5.74, 6) is 0.663. The van der Waals surface area contributed by atoms with Gasteiger partial charge in [-0.1, -0.05) is 35.9 Å². The lowest BCUT2D eigenvalue weighted by molar-refractivity contribution is 0.536. The molecule has 0 saturated heterocycles. The zero-order valence-corrected chi connectivity index (χ0v) is 12.3. The van der Waals surface area contributed by atoms with E-state index in [1.807, 2.05) is 0 Å². The zero-order valence-electron chi connectivity index (χ0n) is 12.3. The minimum absolute atomic E-state index is 0.663. The fraction of sp³-hybridized carbons (Fsp3) is 0.333. The molecule has 1 unspecified atom stereocenters. The van der Waals surface area contributed by atoms with Gasteiger partial charge in [-0.25, -0.2) is 0 Å². The Bertz CT molecular complexity index is 574. The van der Waals surface area contributed by atoms with Crippen LogP contribution in [0.25, 0.3) is 0 Å². The van der Waals surface area contributed by atoms with Gasteiger partial charge >= 0.3 is 0 Å². The van der Waals surface area contributed by atoms with Gasteiger partial charge in [0.1, 0.15) is 0 Å². The molecule has 0 aromatic heterocycles. The number of fused-ring (bicyclic) bond motifs is 1. The number of nitrogens with one attached hydrogen (secondary N) is 1. The molecule has 0 aliphatic carbocycles. The van der Waals surface area contributed by atoms with Crippen LogP contribution in [-0.4, -0.2) is 20.1 Å². The first-order valence-corrected chi connectivity index (χ1v) is 7.32. The Morgan fingerprint density at radius 2 is 1.85 bits per heavy atom. The van der Waals surface area contributed by atoms with Crippen LogP contribution >= 0.6 is 0 Å². The van der Waals surface area contributed by atoms with Crippen LogP contribution in [0, 0.1) is 12.8 Å². The molecule has 0 radical (unpaired) electrons. The van der Waals surface area contributed by atoms with E-state index in [4.69, 9.17) is 0 Å². The molecule has 0 bridgehead atoms. The summed E-state index contributed by atoms with van der Waals surface area (Å²) < 4.78 is 0. The van der Waals surface area contributed by atoms with Crippen molar-refractivity contribution in [3.8, 4) is 0 Å². The summed E-state index contributed by atoms with van der Waals surface area (Å²) in [5.41, 5.74) is 5.37. The molecule has 104 valence electrons. The van der Waals surface area contributed by atoms with Crippen LogP contribution in [0.1, 0.15) is 11.1 Å². The molecule has 20 heavy (non-hydrogen) atoms. The maximum atomic E-state index is 3.55. The second-order valence-corrected chi connectivity index (χ2v) is 5.82. The average molecular weight is 266 g/mol. The van der Waals surface area contributed by atoms with Crippen LogP contribution in [0.15, 0.2) is 48.5 Å². The molecule has 0 spiro atoms. The minimum Gasteiger partial charge on any atom is -0.384 e. The number of para-hydroxylation sites is 1. The third kappa shape index (κ3) is 2.79. The third-order valence-electron chi connectivity index (χ3n) is 4.11. The quantitative estimate of drug-likeness (QED) is 0.911. The van der Waals surface area contributed by atoms with Crippen LogP contribution < -0.4 is 10.2 Å². The highest BCUT2D eigenvalue weighted by Crippen LogP contribution is 2.25. The Morgan fingerprint density at radius 1 is 1.10 bits per heavy atom. The van der Waals surface area contributed by atoms with E-state index in [1.165, 1.54) is 28.9 Å². The number of rotatable bonds is 3. The molecule has 1 heterocycles. The monoisotopic (exact) mass is 266 g/mol. The van der Waals surface area contributed by atoms with E-state index in [0.717, 1.165) is 13.1 Å². The van der Waals surface area contributed by atoms with Gasteiger partial charge in [0.25, 0.3) is 0 Å². The summed E-state index contributed by atoms with van der Waals surface area (Å²) in [6, 6.07) is 17.4. The number of nitrogens with zero attached hydrogens (tertiary/aromatic N) is 1. The van der Waals surface area contributed by atoms with Gasteiger partial charge < -0.3 is 10.2 Å². The number of hydrogen-bond donors (Lipinski definition) is 1. The zero-order chi connectivity index (χ0) is 13.9. The Labute approximate surface area is 121 Å². The Balaban J connectivity index is 1.66. The van der Waals surface area contributed by atoms with Gasteiger partial charge in [0.15, 0.2) is 0 Å². The van der Waals surface area contributed by atoms with Crippen molar-refractivity contribution in [1.82, 2.24) is 0 Å². The molecule has 1 aliphatic rings. The van der Waals surface area contributed by atoms with Crippen LogP contribution in [0.4, 0.5) is 11.4 Å². The van der Waals surface area contributed by atoms with E-state index in [9.17, 15) is 0 Å². The van der Waals surface area contributed by atoms with Crippen molar-refractivity contribution < 1.29 is 0 Å². The second-order valence-electron chi connectivity index (χ2n) is 5.82. The van der Waals surface area contributed by atoms with Gasteiger partial charge in [0.2, 0.25) is 0 Å². The number of benzene rings is 2. The standard InChI is InChI=1S/C18H22N2/c1-14-7-9-17(10-8-14)20(2)13-15-11-16-5-3-4-6-18(16)19-12-15/h3-10,15,19H,11-13H2,1-2H3. The van der Waals surface area contributed by atoms with Crippen molar-refractivity contribution in [2.75, 3.05) is 30.4 Å². The SMILES string of the molecule is Cc1ccc(N(C)CC2CNc3ccccc3C2)cc1. The van der Waals surface area contributed by atoms with E-state index in [0.29, 0.717) is 5.92 Å². The minimum atomic E-state index is 0.663. The number of hydrogen-bond acceptors (Lipinski definition) is 2. The summed E-state index contributed by atoms with van der Waals surface area (Å²) in [4.78, 5) is 2.36. The van der Waals surface area contributed by atoms with Crippen LogP contribution in [0.2, 0.25) is 0 Å². The maximum Gasteiger partial charge on any atom is 0.0372 e. The lowest BCUT2D eigenvalue weighted by Gasteiger charge is -2.30. The fourth-order valence-electron chi connectivity index (χ4n) is 2.93. The molecule has 0 saturated carbocycles. The van der Waals surface area contributed by atoms with Crippen molar-refractivity contribution in [2.45, 2.75) is 13.3 Å². The van der Waals surface area contributed by atoms with Gasteiger partial charge in [-0.3, -0.25) is 0 Å². The average Bonchev–Trinajstić information content (AvgIpc) is 2.48. The van der Waals surface area contributed by atoms with E-state index < -0.39 is 0 Å². The van der Waals surface area contributed by atoms with Crippen molar-refractivity contribution in [3.63, 3.8) is 0 Å². The summed E-state index contributed by atoms with van der Waals surface area (Å²) in [5, 5.41) is 3.55. The van der Waals surface area contributed by atoms with E-state index in [2.05, 4.69) is 72.7 Å². The highest BCUT2D eigenvalue weighted by molar-refractivity contribution is 5.53. The van der Waals surface area contributed by atoms with Crippen LogP contribution in [0.3, 0.4) is 0 Å². The Kier molecular flexibility index (Phi) is 3.64. The van der Waals surface area contributed by atoms with Crippen molar-refractivity contribution in [1.29, 1.82) is 0 Å². The van der Waals surface area contributed by atoms with Gasteiger partial charge in [0.05, 0.1) is 0 Å². The van der Waals surface area contributed by atoms with Crippen LogP contribution in [0.5, 0.6) is 0 Å². The van der Waals surface area contributed by atoms with Crippen molar-refractivity contribution in [3.05, 3.63) is 59.7 Å². The maximum absolute atomic E-state index is 3.55. The summed E-state index contributed by atoms with van der Waals surface area (Å²) in [6.45, 7) is 4.28. The smallest absolute Gasteiger partial charge is 0.0372 e. The van der Waals surface area contributed by atoms with E-state index in [1.54, 1.807) is 0 Å². The molecule has 0 fully saturated rings. The molecule has 2 aromatic rings. The normalized spacial score (nSPS) is 17.2. The van der Waals surface area contributed by atoms with Gasteiger partial charge in [-0.05, 0) is 43.0 Å². The summed E-state index contributed by atoms with van der Waals surface area (Å²) in [7, 11) is 2.19. The van der Waals surface area contributed by atoms with Crippen LogP contribution in [-0.2, 0) is 6.42 Å². The van der Waals surface area contributed by atoms with Gasteiger partial charge in [-0.2, -0.15) is 0 Å². The highest BCUT2D eigenvalue weighted by Gasteiger charge is 2.19. The molecular weight excluding hydrogens is 244 g/mol. The lowest BCUT2D eigenvalue weighted by Crippen LogP contribution is -2.33. The third-order valence-corrected chi connectivity index (χ3v) is 4.11. The molecule has 0 amide bonds. The molecule has 2 heteroatoms. The molecule has 1 N–H and O–H groups in total. The van der Waals surface area contributed by atoms with Gasteiger partial charge in [0, 0.05) is 31.5 Å². The molecule has 2 aromatic carbocycles. The first-order valence-electron chi connectivity index (χ1n) is 7.32. The molecule has 1 aliphatic heterocycles. The van der Waals surface area contributed by atoms with E-state index in [-0.39, 0.29) is 0 Å². The topological polar surface area (TPSA) is 15.3 Å². The fourth-order valence-corrected chi connectivity index (χ4v) is 2.93. The highest BCUT2D eigenvalue weighted by atomic mass is 15.1. The van der Waals surface area contributed by atoms with Gasteiger partial charge in [-0.15, -0.1) is 0 Å². The first-order chi connectivity index (χ1) is 9.72. The molecule has 1 atom stereocenters. The first kappa shape index (κ1) is 13.0. The van der Waals surface area contributed by atoms with Crippen molar-refractivity contribution in [2.24, 2.45) is 5.92 Å². The largest absolute Gasteiger partial charge is 0.384 e. The lowest BCUT2D eigenvalue weighted by atomic mass is 9.93. The summed E-state index contributed by atoms with van der Waals surface area (Å²) >= 11 is 0. The second kappa shape index (κ2) is 5.58. The Hall–Kier alpha value is -1.96. The molecule has 2 nitrogen and oxygen atoms in total. The van der Waals surface area contributed by atoms with Crippen molar-refractivity contribution >= 4 is 11.4 Å². The molecular formula is C18H22N2. The van der Waals surface area contributed by atoms with E-state index >= 15 is 0 Å². The molecule has 3 rings (SSSR count). The predicted molar refractivity (Wildman–Crippen MR) is 86.6 cm³/mol. The predicted octanol–water partition coefficient (Wildman–Crippen LogP) is 3.72. The number of aryl methyl sites for hydroxylation is 1. The summed E-state index contributed by atoms with van der Waals surface area (Å²) in [6.07, 6.45) is 1.17.